The number of rotatable bonds is 9. The molecule has 8 heteroatoms. The Bertz CT molecular complexity index is 1100. The fourth-order valence-electron chi connectivity index (χ4n) is 2.86. The third kappa shape index (κ3) is 5.08. The quantitative estimate of drug-likeness (QED) is 0.548. The molecule has 156 valence electrons. The van der Waals surface area contributed by atoms with E-state index in [-0.39, 0.29) is 35.8 Å². The molecule has 2 aromatic carbocycles. The minimum absolute atomic E-state index is 0.0577. The minimum Gasteiger partial charge on any atom is -0.489 e. The summed E-state index contributed by atoms with van der Waals surface area (Å²) < 4.78 is 38.1. The van der Waals surface area contributed by atoms with Gasteiger partial charge in [0.1, 0.15) is 12.4 Å². The number of carbonyl (C=O) groups is 1. The Kier molecular flexibility index (Phi) is 5.87. The molecule has 2 N–H and O–H groups in total. The van der Waals surface area contributed by atoms with E-state index in [1.807, 2.05) is 30.3 Å². The number of furan rings is 1. The van der Waals surface area contributed by atoms with Crippen molar-refractivity contribution in [3.8, 4) is 5.75 Å². The van der Waals surface area contributed by atoms with Gasteiger partial charge in [-0.3, -0.25) is 4.79 Å². The van der Waals surface area contributed by atoms with Crippen LogP contribution in [0, 0.1) is 0 Å². The molecule has 1 aromatic heterocycles. The summed E-state index contributed by atoms with van der Waals surface area (Å²) in [7, 11) is -3.48. The zero-order valence-electron chi connectivity index (χ0n) is 16.2. The van der Waals surface area contributed by atoms with Gasteiger partial charge in [0.05, 0.1) is 11.2 Å². The smallest absolute Gasteiger partial charge is 0.287 e. The Morgan fingerprint density at radius 3 is 2.47 bits per heavy atom. The van der Waals surface area contributed by atoms with Crippen molar-refractivity contribution in [2.75, 3.05) is 0 Å². The summed E-state index contributed by atoms with van der Waals surface area (Å²) in [6.45, 7) is 0.457. The lowest BCUT2D eigenvalue weighted by atomic mass is 10.2. The molecule has 1 heterocycles. The fraction of sp³-hybridized carbons (Fsp3) is 0.227. The molecule has 1 aliphatic carbocycles. The maximum Gasteiger partial charge on any atom is 0.287 e. The predicted molar refractivity (Wildman–Crippen MR) is 110 cm³/mol. The van der Waals surface area contributed by atoms with E-state index in [0.29, 0.717) is 11.3 Å². The highest BCUT2D eigenvalue weighted by molar-refractivity contribution is 7.89. The van der Waals surface area contributed by atoms with E-state index in [0.717, 1.165) is 18.4 Å². The van der Waals surface area contributed by atoms with E-state index in [1.165, 1.54) is 18.4 Å². The fourth-order valence-corrected chi connectivity index (χ4v) is 4.17. The molecule has 3 aromatic rings. The van der Waals surface area contributed by atoms with Crippen molar-refractivity contribution in [2.24, 2.45) is 0 Å². The molecule has 4 rings (SSSR count). The summed E-state index contributed by atoms with van der Waals surface area (Å²) in [4.78, 5) is 12.7. The van der Waals surface area contributed by atoms with Crippen molar-refractivity contribution in [1.82, 2.24) is 10.0 Å². The number of ether oxygens (including phenoxy) is 1. The topological polar surface area (TPSA) is 97.6 Å². The first-order chi connectivity index (χ1) is 14.5. The SMILES string of the molecule is O=C(NCc1ccc(S(=O)(=O)NC2CC2)cc1)c1occc1COc1ccccc1. The first kappa shape index (κ1) is 20.2. The number of hydrogen-bond acceptors (Lipinski definition) is 5. The lowest BCUT2D eigenvalue weighted by Gasteiger charge is -2.09. The van der Waals surface area contributed by atoms with Crippen LogP contribution in [-0.2, 0) is 23.2 Å². The molecule has 0 aliphatic heterocycles. The van der Waals surface area contributed by atoms with E-state index in [9.17, 15) is 13.2 Å². The van der Waals surface area contributed by atoms with Crippen molar-refractivity contribution in [3.63, 3.8) is 0 Å². The van der Waals surface area contributed by atoms with Crippen molar-refractivity contribution < 1.29 is 22.4 Å². The molecule has 0 spiro atoms. The standard InChI is InChI=1S/C22H22N2O5S/c25-22(21-17(12-13-28-21)15-29-19-4-2-1-3-5-19)23-14-16-6-10-20(11-7-16)30(26,27)24-18-8-9-18/h1-7,10-13,18,24H,8-9,14-15H2,(H,23,25). The van der Waals surface area contributed by atoms with Gasteiger partial charge in [0, 0.05) is 18.2 Å². The monoisotopic (exact) mass is 426 g/mol. The number of nitrogens with one attached hydrogen (secondary N) is 2. The molecule has 1 aliphatic rings. The summed E-state index contributed by atoms with van der Waals surface area (Å²) >= 11 is 0. The van der Waals surface area contributed by atoms with Crippen molar-refractivity contribution in [2.45, 2.75) is 36.9 Å². The molecule has 1 saturated carbocycles. The van der Waals surface area contributed by atoms with Gasteiger partial charge in [-0.2, -0.15) is 0 Å². The van der Waals surface area contributed by atoms with Crippen LogP contribution in [0.15, 0.2) is 76.2 Å². The summed E-state index contributed by atoms with van der Waals surface area (Å²) in [5.41, 5.74) is 1.42. The zero-order chi connectivity index (χ0) is 21.0. The average Bonchev–Trinajstić information content (AvgIpc) is 3.43. The lowest BCUT2D eigenvalue weighted by molar-refractivity contribution is 0.0919. The normalized spacial score (nSPS) is 13.7. The Labute approximate surface area is 175 Å². The maximum absolute atomic E-state index is 12.5. The van der Waals surface area contributed by atoms with E-state index in [2.05, 4.69) is 10.0 Å². The lowest BCUT2D eigenvalue weighted by Crippen LogP contribution is -2.26. The van der Waals surface area contributed by atoms with Gasteiger partial charge in [-0.15, -0.1) is 0 Å². The van der Waals surface area contributed by atoms with Crippen molar-refractivity contribution in [3.05, 3.63) is 83.8 Å². The van der Waals surface area contributed by atoms with Gasteiger partial charge in [0.25, 0.3) is 5.91 Å². The largest absolute Gasteiger partial charge is 0.489 e. The molecule has 7 nitrogen and oxygen atoms in total. The molecular weight excluding hydrogens is 404 g/mol. The number of para-hydroxylation sites is 1. The van der Waals surface area contributed by atoms with Crippen LogP contribution in [0.4, 0.5) is 0 Å². The first-order valence-corrected chi connectivity index (χ1v) is 11.1. The molecule has 0 bridgehead atoms. The van der Waals surface area contributed by atoms with Crippen LogP contribution in [0.1, 0.15) is 34.5 Å². The van der Waals surface area contributed by atoms with Crippen LogP contribution >= 0.6 is 0 Å². The van der Waals surface area contributed by atoms with Crippen LogP contribution < -0.4 is 14.8 Å². The summed E-state index contributed by atoms with van der Waals surface area (Å²) in [5.74, 6) is 0.536. The van der Waals surface area contributed by atoms with Gasteiger partial charge < -0.3 is 14.5 Å². The summed E-state index contributed by atoms with van der Waals surface area (Å²) in [6, 6.07) is 17.5. The zero-order valence-corrected chi connectivity index (χ0v) is 17.0. The maximum atomic E-state index is 12.5. The van der Waals surface area contributed by atoms with E-state index in [4.69, 9.17) is 9.15 Å². The van der Waals surface area contributed by atoms with Gasteiger partial charge >= 0.3 is 0 Å². The second-order valence-electron chi connectivity index (χ2n) is 7.10. The number of benzene rings is 2. The first-order valence-electron chi connectivity index (χ1n) is 9.65. The second kappa shape index (κ2) is 8.73. The van der Waals surface area contributed by atoms with Crippen LogP contribution in [0.3, 0.4) is 0 Å². The Balaban J connectivity index is 1.33. The highest BCUT2D eigenvalue weighted by Crippen LogP contribution is 2.22. The second-order valence-corrected chi connectivity index (χ2v) is 8.81. The van der Waals surface area contributed by atoms with Gasteiger partial charge in [0.2, 0.25) is 10.0 Å². The third-order valence-electron chi connectivity index (χ3n) is 4.68. The number of carbonyl (C=O) groups excluding carboxylic acids is 1. The minimum atomic E-state index is -3.48. The Hall–Kier alpha value is -3.10. The van der Waals surface area contributed by atoms with Crippen LogP contribution in [0.2, 0.25) is 0 Å². The predicted octanol–water partition coefficient (Wildman–Crippen LogP) is 3.23. The van der Waals surface area contributed by atoms with Gasteiger partial charge in [-0.25, -0.2) is 13.1 Å². The Morgan fingerprint density at radius 1 is 1.03 bits per heavy atom. The number of sulfonamides is 1. The molecule has 30 heavy (non-hydrogen) atoms. The van der Waals surface area contributed by atoms with Gasteiger partial charge in [-0.1, -0.05) is 30.3 Å². The van der Waals surface area contributed by atoms with Gasteiger partial charge in [0.15, 0.2) is 5.76 Å². The third-order valence-corrected chi connectivity index (χ3v) is 6.21. The van der Waals surface area contributed by atoms with Gasteiger partial charge in [-0.05, 0) is 48.7 Å². The highest BCUT2D eigenvalue weighted by Gasteiger charge is 2.27. The molecule has 0 atom stereocenters. The average molecular weight is 426 g/mol. The molecular formula is C22H22N2O5S. The van der Waals surface area contributed by atoms with Crippen LogP contribution in [0.5, 0.6) is 5.75 Å². The summed E-state index contributed by atoms with van der Waals surface area (Å²) in [5, 5.41) is 2.79. The summed E-state index contributed by atoms with van der Waals surface area (Å²) in [6.07, 6.45) is 3.22. The highest BCUT2D eigenvalue weighted by atomic mass is 32.2. The molecule has 0 unspecified atom stereocenters. The van der Waals surface area contributed by atoms with Crippen LogP contribution in [-0.4, -0.2) is 20.4 Å². The number of hydrogen-bond donors (Lipinski definition) is 2. The van der Waals surface area contributed by atoms with Crippen molar-refractivity contribution in [1.29, 1.82) is 0 Å². The number of amides is 1. The van der Waals surface area contributed by atoms with E-state index >= 15 is 0 Å². The van der Waals surface area contributed by atoms with Crippen LogP contribution in [0.25, 0.3) is 0 Å². The molecule has 0 saturated heterocycles. The molecule has 1 fully saturated rings. The van der Waals surface area contributed by atoms with Crippen molar-refractivity contribution >= 4 is 15.9 Å². The molecule has 0 radical (unpaired) electrons. The van der Waals surface area contributed by atoms with E-state index < -0.39 is 10.0 Å². The van der Waals surface area contributed by atoms with E-state index in [1.54, 1.807) is 18.2 Å². The molecule has 1 amide bonds. The Morgan fingerprint density at radius 2 is 1.77 bits per heavy atom.